The molecule has 5 nitrogen and oxygen atoms in total. The third kappa shape index (κ3) is 3.84. The highest BCUT2D eigenvalue weighted by molar-refractivity contribution is 5.60. The van der Waals surface area contributed by atoms with Crippen molar-refractivity contribution in [2.75, 3.05) is 13.2 Å². The third-order valence-corrected chi connectivity index (χ3v) is 3.62. The van der Waals surface area contributed by atoms with Gasteiger partial charge in [-0.1, -0.05) is 48.5 Å². The van der Waals surface area contributed by atoms with Crippen molar-refractivity contribution in [2.24, 2.45) is 0 Å². The average Bonchev–Trinajstić information content (AvgIpc) is 3.01. The first kappa shape index (κ1) is 16.3. The zero-order valence-corrected chi connectivity index (χ0v) is 13.2. The SMILES string of the molecule is OCCNCc1nn(Cc2ccccc2F)nc1-c1ccccc1. The van der Waals surface area contributed by atoms with Gasteiger partial charge in [0.1, 0.15) is 17.2 Å². The van der Waals surface area contributed by atoms with Gasteiger partial charge in [0.05, 0.1) is 13.2 Å². The van der Waals surface area contributed by atoms with Crippen LogP contribution in [0.25, 0.3) is 11.3 Å². The molecule has 3 rings (SSSR count). The van der Waals surface area contributed by atoms with Crippen LogP contribution in [0.1, 0.15) is 11.3 Å². The van der Waals surface area contributed by atoms with Crippen molar-refractivity contribution in [1.82, 2.24) is 20.3 Å². The number of aliphatic hydroxyl groups is 1. The lowest BCUT2D eigenvalue weighted by atomic mass is 10.1. The Morgan fingerprint density at radius 3 is 2.50 bits per heavy atom. The van der Waals surface area contributed by atoms with E-state index in [2.05, 4.69) is 15.5 Å². The van der Waals surface area contributed by atoms with Crippen LogP contribution < -0.4 is 5.32 Å². The lowest BCUT2D eigenvalue weighted by molar-refractivity contribution is 0.291. The molecule has 0 bridgehead atoms. The van der Waals surface area contributed by atoms with Crippen LogP contribution in [-0.4, -0.2) is 33.3 Å². The molecule has 6 heteroatoms. The van der Waals surface area contributed by atoms with Gasteiger partial charge < -0.3 is 10.4 Å². The summed E-state index contributed by atoms with van der Waals surface area (Å²) in [5.74, 6) is -0.268. The first-order valence-corrected chi connectivity index (χ1v) is 7.82. The smallest absolute Gasteiger partial charge is 0.128 e. The van der Waals surface area contributed by atoms with Crippen molar-refractivity contribution >= 4 is 0 Å². The average molecular weight is 326 g/mol. The van der Waals surface area contributed by atoms with Crippen molar-refractivity contribution in [3.05, 3.63) is 71.7 Å². The van der Waals surface area contributed by atoms with E-state index in [4.69, 9.17) is 5.11 Å². The van der Waals surface area contributed by atoms with Crippen LogP contribution in [0.15, 0.2) is 54.6 Å². The topological polar surface area (TPSA) is 63.0 Å². The van der Waals surface area contributed by atoms with E-state index in [1.807, 2.05) is 30.3 Å². The van der Waals surface area contributed by atoms with Gasteiger partial charge in [0.25, 0.3) is 0 Å². The summed E-state index contributed by atoms with van der Waals surface area (Å²) < 4.78 is 13.8. The number of nitrogens with zero attached hydrogens (tertiary/aromatic N) is 3. The van der Waals surface area contributed by atoms with Gasteiger partial charge in [-0.15, -0.1) is 0 Å². The first-order chi connectivity index (χ1) is 11.8. The maximum Gasteiger partial charge on any atom is 0.128 e. The highest BCUT2D eigenvalue weighted by Crippen LogP contribution is 2.20. The largest absolute Gasteiger partial charge is 0.395 e. The van der Waals surface area contributed by atoms with Crippen LogP contribution in [0, 0.1) is 5.82 Å². The minimum atomic E-state index is -0.268. The Morgan fingerprint density at radius 1 is 1.00 bits per heavy atom. The van der Waals surface area contributed by atoms with Crippen LogP contribution in [-0.2, 0) is 13.1 Å². The molecule has 0 atom stereocenters. The molecule has 0 aliphatic heterocycles. The number of halogens is 1. The molecule has 0 spiro atoms. The van der Waals surface area contributed by atoms with Crippen LogP contribution in [0.4, 0.5) is 4.39 Å². The Bertz CT molecular complexity index is 789. The molecule has 24 heavy (non-hydrogen) atoms. The van der Waals surface area contributed by atoms with Gasteiger partial charge in [-0.25, -0.2) is 4.39 Å². The molecule has 3 aromatic rings. The summed E-state index contributed by atoms with van der Waals surface area (Å²) in [4.78, 5) is 1.51. The van der Waals surface area contributed by atoms with Gasteiger partial charge in [-0.2, -0.15) is 15.0 Å². The summed E-state index contributed by atoms with van der Waals surface area (Å²) in [6.45, 7) is 1.30. The molecule has 0 radical (unpaired) electrons. The van der Waals surface area contributed by atoms with Gasteiger partial charge in [-0.05, 0) is 6.07 Å². The molecule has 0 aliphatic rings. The van der Waals surface area contributed by atoms with Crippen molar-refractivity contribution in [1.29, 1.82) is 0 Å². The highest BCUT2D eigenvalue weighted by atomic mass is 19.1. The normalized spacial score (nSPS) is 10.9. The number of aliphatic hydroxyl groups excluding tert-OH is 1. The molecule has 1 heterocycles. The predicted octanol–water partition coefficient (Wildman–Crippen LogP) is 2.21. The Hall–Kier alpha value is -2.57. The van der Waals surface area contributed by atoms with Crippen molar-refractivity contribution in [2.45, 2.75) is 13.1 Å². The fraction of sp³-hybridized carbons (Fsp3) is 0.222. The fourth-order valence-corrected chi connectivity index (χ4v) is 2.46. The van der Waals surface area contributed by atoms with E-state index in [0.717, 1.165) is 17.0 Å². The van der Waals surface area contributed by atoms with Crippen LogP contribution in [0.5, 0.6) is 0 Å². The summed E-state index contributed by atoms with van der Waals surface area (Å²) in [7, 11) is 0. The molecule has 0 amide bonds. The standard InChI is InChI=1S/C18H19FN4O/c19-16-9-5-4-8-15(16)13-23-21-17(12-20-10-11-24)18(22-23)14-6-2-1-3-7-14/h1-9,20,24H,10-13H2. The molecule has 124 valence electrons. The monoisotopic (exact) mass is 326 g/mol. The predicted molar refractivity (Wildman–Crippen MR) is 89.8 cm³/mol. The van der Waals surface area contributed by atoms with E-state index in [-0.39, 0.29) is 19.0 Å². The van der Waals surface area contributed by atoms with Crippen LogP contribution in [0.2, 0.25) is 0 Å². The Labute approximate surface area is 139 Å². The second kappa shape index (κ2) is 7.81. The van der Waals surface area contributed by atoms with E-state index in [1.54, 1.807) is 18.2 Å². The molecular formula is C18H19FN4O. The molecule has 1 aromatic heterocycles. The first-order valence-electron chi connectivity index (χ1n) is 7.82. The zero-order chi connectivity index (χ0) is 16.8. The van der Waals surface area contributed by atoms with Crippen molar-refractivity contribution in [3.63, 3.8) is 0 Å². The third-order valence-electron chi connectivity index (χ3n) is 3.62. The Kier molecular flexibility index (Phi) is 5.30. The maximum atomic E-state index is 13.8. The number of hydrogen-bond donors (Lipinski definition) is 2. The van der Waals surface area contributed by atoms with Gasteiger partial charge >= 0.3 is 0 Å². The summed E-state index contributed by atoms with van der Waals surface area (Å²) in [6, 6.07) is 16.4. The molecule has 0 fully saturated rings. The van der Waals surface area contributed by atoms with Gasteiger partial charge in [0.2, 0.25) is 0 Å². The maximum absolute atomic E-state index is 13.8. The lowest BCUT2D eigenvalue weighted by Gasteiger charge is -2.02. The quantitative estimate of drug-likeness (QED) is 0.654. The second-order valence-corrected chi connectivity index (χ2v) is 5.38. The zero-order valence-electron chi connectivity index (χ0n) is 13.2. The molecule has 0 unspecified atom stereocenters. The molecule has 0 saturated heterocycles. The van der Waals surface area contributed by atoms with Crippen molar-refractivity contribution in [3.8, 4) is 11.3 Å². The van der Waals surface area contributed by atoms with Gasteiger partial charge in [0.15, 0.2) is 0 Å². The van der Waals surface area contributed by atoms with Crippen LogP contribution >= 0.6 is 0 Å². The number of hydrogen-bond acceptors (Lipinski definition) is 4. The van der Waals surface area contributed by atoms with Gasteiger partial charge in [0, 0.05) is 24.2 Å². The molecule has 2 aromatic carbocycles. The van der Waals surface area contributed by atoms with Crippen LogP contribution in [0.3, 0.4) is 0 Å². The summed E-state index contributed by atoms with van der Waals surface area (Å²) in [5.41, 5.74) is 3.03. The number of rotatable bonds is 7. The van der Waals surface area contributed by atoms with E-state index in [0.29, 0.717) is 18.7 Å². The minimum Gasteiger partial charge on any atom is -0.395 e. The molecular weight excluding hydrogens is 307 g/mol. The summed E-state index contributed by atoms with van der Waals surface area (Å²) in [5, 5.41) is 21.0. The van der Waals surface area contributed by atoms with Gasteiger partial charge in [-0.3, -0.25) is 0 Å². The number of aromatic nitrogens is 3. The Balaban J connectivity index is 1.89. The van der Waals surface area contributed by atoms with E-state index in [9.17, 15) is 4.39 Å². The summed E-state index contributed by atoms with van der Waals surface area (Å²) in [6.07, 6.45) is 0. The summed E-state index contributed by atoms with van der Waals surface area (Å²) >= 11 is 0. The molecule has 0 saturated carbocycles. The fourth-order valence-electron chi connectivity index (χ4n) is 2.46. The van der Waals surface area contributed by atoms with E-state index in [1.165, 1.54) is 10.9 Å². The van der Waals surface area contributed by atoms with Crippen molar-refractivity contribution < 1.29 is 9.50 Å². The number of benzene rings is 2. The molecule has 2 N–H and O–H groups in total. The van der Waals surface area contributed by atoms with E-state index < -0.39 is 0 Å². The minimum absolute atomic E-state index is 0.0596. The lowest BCUT2D eigenvalue weighted by Crippen LogP contribution is -2.18. The van der Waals surface area contributed by atoms with E-state index >= 15 is 0 Å². The molecule has 0 aliphatic carbocycles. The Morgan fingerprint density at radius 2 is 1.75 bits per heavy atom. The second-order valence-electron chi connectivity index (χ2n) is 5.38. The number of nitrogens with one attached hydrogen (secondary N) is 1. The highest BCUT2D eigenvalue weighted by Gasteiger charge is 2.13.